The third-order valence-corrected chi connectivity index (χ3v) is 3.44. The lowest BCUT2D eigenvalue weighted by molar-refractivity contribution is -0.143. The molecular weight excluding hydrogens is 312 g/mol. The monoisotopic (exact) mass is 328 g/mol. The molecule has 6 heteroatoms. The van der Waals surface area contributed by atoms with Gasteiger partial charge in [0.05, 0.1) is 12.2 Å². The highest BCUT2D eigenvalue weighted by atomic mass is 79.9. The van der Waals surface area contributed by atoms with Crippen LogP contribution < -0.4 is 5.32 Å². The minimum absolute atomic E-state index is 0.0339. The summed E-state index contributed by atoms with van der Waals surface area (Å²) < 4.78 is 0.788. The molecule has 2 N–H and O–H groups in total. The lowest BCUT2D eigenvalue weighted by Crippen LogP contribution is -2.42. The molecule has 5 nitrogen and oxygen atoms in total. The van der Waals surface area contributed by atoms with Crippen molar-refractivity contribution >= 4 is 33.5 Å². The Bertz CT molecular complexity index is 465. The van der Waals surface area contributed by atoms with Crippen LogP contribution in [0.1, 0.15) is 13.3 Å². The van der Waals surface area contributed by atoms with Gasteiger partial charge < -0.3 is 10.4 Å². The Morgan fingerprint density at radius 2 is 2.05 bits per heavy atom. The first-order valence-electron chi connectivity index (χ1n) is 5.93. The Hall–Kier alpha value is -1.40. The fourth-order valence-electron chi connectivity index (χ4n) is 1.76. The van der Waals surface area contributed by atoms with E-state index in [0.29, 0.717) is 12.1 Å². The van der Waals surface area contributed by atoms with Crippen LogP contribution in [0, 0.1) is 0 Å². The smallest absolute Gasteiger partial charge is 0.320 e. The number of benzene rings is 1. The van der Waals surface area contributed by atoms with Gasteiger partial charge in [0.1, 0.15) is 6.04 Å². The van der Waals surface area contributed by atoms with Gasteiger partial charge in [-0.05, 0) is 41.5 Å². The highest BCUT2D eigenvalue weighted by molar-refractivity contribution is 9.10. The minimum atomic E-state index is -0.918. The Morgan fingerprint density at radius 1 is 1.42 bits per heavy atom. The van der Waals surface area contributed by atoms with E-state index in [1.807, 2.05) is 18.2 Å². The number of para-hydroxylation sites is 1. The predicted molar refractivity (Wildman–Crippen MR) is 77.1 cm³/mol. The molecule has 0 aromatic heterocycles. The predicted octanol–water partition coefficient (Wildman–Crippen LogP) is 2.18. The Balaban J connectivity index is 2.61. The molecule has 0 radical (unpaired) electrons. The van der Waals surface area contributed by atoms with Gasteiger partial charge in [0.15, 0.2) is 0 Å². The van der Waals surface area contributed by atoms with Crippen LogP contribution in [0.25, 0.3) is 0 Å². The number of nitrogens with one attached hydrogen (secondary N) is 1. The largest absolute Gasteiger partial charge is 0.480 e. The summed E-state index contributed by atoms with van der Waals surface area (Å²) in [5, 5.41) is 11.7. The molecule has 104 valence electrons. The van der Waals surface area contributed by atoms with Crippen molar-refractivity contribution in [1.29, 1.82) is 0 Å². The average Bonchev–Trinajstić information content (AvgIpc) is 2.32. The summed E-state index contributed by atoms with van der Waals surface area (Å²) in [6.07, 6.45) is 0.453. The number of carbonyl (C=O) groups excluding carboxylic acids is 1. The molecule has 1 aromatic rings. The van der Waals surface area contributed by atoms with Gasteiger partial charge in [-0.3, -0.25) is 14.5 Å². The Morgan fingerprint density at radius 3 is 2.58 bits per heavy atom. The van der Waals surface area contributed by atoms with E-state index < -0.39 is 12.0 Å². The first-order chi connectivity index (χ1) is 8.95. The average molecular weight is 329 g/mol. The number of carboxylic acid groups (broad SMARTS) is 1. The molecule has 1 aromatic carbocycles. The maximum absolute atomic E-state index is 11.9. The number of hydrogen-bond acceptors (Lipinski definition) is 3. The first-order valence-corrected chi connectivity index (χ1v) is 6.72. The summed E-state index contributed by atoms with van der Waals surface area (Å²) in [5.74, 6) is -1.16. The highest BCUT2D eigenvalue weighted by Gasteiger charge is 2.22. The normalized spacial score (nSPS) is 12.2. The van der Waals surface area contributed by atoms with Crippen LogP contribution in [0.2, 0.25) is 0 Å². The van der Waals surface area contributed by atoms with Crippen molar-refractivity contribution in [2.75, 3.05) is 18.9 Å². The summed E-state index contributed by atoms with van der Waals surface area (Å²) in [6, 6.07) is 6.62. The fourth-order valence-corrected chi connectivity index (χ4v) is 2.15. The van der Waals surface area contributed by atoms with Crippen LogP contribution in [0.4, 0.5) is 5.69 Å². The number of carbonyl (C=O) groups is 2. The molecular formula is C13H17BrN2O3. The second-order valence-electron chi connectivity index (χ2n) is 4.21. The van der Waals surface area contributed by atoms with E-state index in [2.05, 4.69) is 21.2 Å². The third-order valence-electron chi connectivity index (χ3n) is 2.74. The summed E-state index contributed by atoms with van der Waals surface area (Å²) in [5.41, 5.74) is 0.671. The molecule has 0 aliphatic heterocycles. The van der Waals surface area contributed by atoms with E-state index >= 15 is 0 Å². The van der Waals surface area contributed by atoms with Gasteiger partial charge in [0, 0.05) is 4.47 Å². The summed E-state index contributed by atoms with van der Waals surface area (Å²) in [4.78, 5) is 24.4. The van der Waals surface area contributed by atoms with Crippen LogP contribution in [0.5, 0.6) is 0 Å². The molecule has 0 saturated heterocycles. The fraction of sp³-hybridized carbons (Fsp3) is 0.385. The van der Waals surface area contributed by atoms with E-state index in [4.69, 9.17) is 5.11 Å². The summed E-state index contributed by atoms with van der Waals surface area (Å²) >= 11 is 3.33. The number of amides is 1. The molecule has 19 heavy (non-hydrogen) atoms. The van der Waals surface area contributed by atoms with Crippen molar-refractivity contribution in [3.8, 4) is 0 Å². The minimum Gasteiger partial charge on any atom is -0.480 e. The summed E-state index contributed by atoms with van der Waals surface area (Å²) in [6.45, 7) is 1.81. The van der Waals surface area contributed by atoms with Crippen molar-refractivity contribution in [3.05, 3.63) is 28.7 Å². The summed E-state index contributed by atoms with van der Waals surface area (Å²) in [7, 11) is 1.63. The van der Waals surface area contributed by atoms with Crippen molar-refractivity contribution in [3.63, 3.8) is 0 Å². The van der Waals surface area contributed by atoms with E-state index in [0.717, 1.165) is 4.47 Å². The first kappa shape index (κ1) is 15.7. The molecule has 1 rings (SSSR count). The maximum atomic E-state index is 11.9. The van der Waals surface area contributed by atoms with Crippen LogP contribution in [-0.2, 0) is 9.59 Å². The van der Waals surface area contributed by atoms with Gasteiger partial charge in [0.2, 0.25) is 5.91 Å². The lowest BCUT2D eigenvalue weighted by Gasteiger charge is -2.22. The van der Waals surface area contributed by atoms with Gasteiger partial charge in [-0.1, -0.05) is 19.1 Å². The van der Waals surface area contributed by atoms with E-state index in [-0.39, 0.29) is 12.5 Å². The molecule has 0 bridgehead atoms. The zero-order valence-electron chi connectivity index (χ0n) is 10.9. The number of likely N-dealkylation sites (N-methyl/N-ethyl adjacent to an activating group) is 1. The number of anilines is 1. The highest BCUT2D eigenvalue weighted by Crippen LogP contribution is 2.21. The molecule has 0 fully saturated rings. The van der Waals surface area contributed by atoms with Crippen LogP contribution in [-0.4, -0.2) is 41.5 Å². The van der Waals surface area contributed by atoms with E-state index in [1.54, 1.807) is 20.0 Å². The molecule has 0 aliphatic carbocycles. The number of aliphatic carboxylic acids is 1. The second-order valence-corrected chi connectivity index (χ2v) is 5.06. The zero-order valence-corrected chi connectivity index (χ0v) is 12.5. The van der Waals surface area contributed by atoms with Gasteiger partial charge >= 0.3 is 5.97 Å². The van der Waals surface area contributed by atoms with E-state index in [9.17, 15) is 9.59 Å². The SMILES string of the molecule is CCC(C(=O)O)N(C)CC(=O)Nc1ccccc1Br. The zero-order chi connectivity index (χ0) is 14.4. The number of nitrogens with zero attached hydrogens (tertiary/aromatic N) is 1. The molecule has 0 spiro atoms. The van der Waals surface area contributed by atoms with Crippen molar-refractivity contribution in [2.24, 2.45) is 0 Å². The lowest BCUT2D eigenvalue weighted by atomic mass is 10.2. The van der Waals surface area contributed by atoms with Crippen LogP contribution in [0.3, 0.4) is 0 Å². The standard InChI is InChI=1S/C13H17BrN2O3/c1-3-11(13(18)19)16(2)8-12(17)15-10-7-5-4-6-9(10)14/h4-7,11H,3,8H2,1-2H3,(H,15,17)(H,18,19). The number of halogens is 1. The van der Waals surface area contributed by atoms with E-state index in [1.165, 1.54) is 4.90 Å². The van der Waals surface area contributed by atoms with Gasteiger partial charge in [-0.15, -0.1) is 0 Å². The topological polar surface area (TPSA) is 69.6 Å². The number of hydrogen-bond donors (Lipinski definition) is 2. The van der Waals surface area contributed by atoms with Crippen LogP contribution >= 0.6 is 15.9 Å². The van der Waals surface area contributed by atoms with Crippen molar-refractivity contribution in [2.45, 2.75) is 19.4 Å². The Kier molecular flexibility index (Phi) is 5.98. The van der Waals surface area contributed by atoms with Crippen LogP contribution in [0.15, 0.2) is 28.7 Å². The molecule has 0 aliphatic rings. The Labute approximate surface area is 120 Å². The number of carboxylic acids is 1. The molecule has 0 heterocycles. The van der Waals surface area contributed by atoms with Crippen molar-refractivity contribution in [1.82, 2.24) is 4.90 Å². The molecule has 1 unspecified atom stereocenters. The van der Waals surface area contributed by atoms with Gasteiger partial charge in [-0.25, -0.2) is 0 Å². The molecule has 1 atom stereocenters. The second kappa shape index (κ2) is 7.25. The quantitative estimate of drug-likeness (QED) is 0.839. The number of rotatable bonds is 6. The van der Waals surface area contributed by atoms with Crippen molar-refractivity contribution < 1.29 is 14.7 Å². The maximum Gasteiger partial charge on any atom is 0.320 e. The molecule has 0 saturated carbocycles. The van der Waals surface area contributed by atoms with Gasteiger partial charge in [-0.2, -0.15) is 0 Å². The van der Waals surface area contributed by atoms with Gasteiger partial charge in [0.25, 0.3) is 0 Å². The third kappa shape index (κ3) is 4.65. The molecule has 1 amide bonds.